The molecular weight excluding hydrogens is 340 g/mol. The summed E-state index contributed by atoms with van der Waals surface area (Å²) in [4.78, 5) is 15.9. The molecule has 2 aromatic heterocycles. The van der Waals surface area contributed by atoms with Crippen LogP contribution in [0.5, 0.6) is 0 Å². The molecule has 1 aliphatic carbocycles. The fourth-order valence-electron chi connectivity index (χ4n) is 3.08. The van der Waals surface area contributed by atoms with Crippen molar-refractivity contribution in [2.45, 2.75) is 65.2 Å². The Kier molecular flexibility index (Phi) is 7.52. The van der Waals surface area contributed by atoms with Crippen molar-refractivity contribution in [3.8, 4) is 0 Å². The van der Waals surface area contributed by atoms with Crippen LogP contribution in [0.3, 0.4) is 0 Å². The Hall–Kier alpha value is -2.70. The summed E-state index contributed by atoms with van der Waals surface area (Å²) < 4.78 is 0. The number of aromatic nitrogens is 3. The van der Waals surface area contributed by atoms with E-state index in [1.807, 2.05) is 19.1 Å². The summed E-state index contributed by atoms with van der Waals surface area (Å²) in [6.07, 6.45) is 9.00. The van der Waals surface area contributed by atoms with Gasteiger partial charge in [0, 0.05) is 11.8 Å². The first kappa shape index (κ1) is 20.6. The summed E-state index contributed by atoms with van der Waals surface area (Å²) in [6.45, 7) is 6.15. The lowest BCUT2D eigenvalue weighted by atomic mass is 10.0. The van der Waals surface area contributed by atoms with E-state index in [-0.39, 0.29) is 11.5 Å². The summed E-state index contributed by atoms with van der Waals surface area (Å²) in [6, 6.07) is 5.29. The van der Waals surface area contributed by atoms with E-state index in [1.165, 1.54) is 44.6 Å². The maximum absolute atomic E-state index is 11.4. The van der Waals surface area contributed by atoms with Crippen molar-refractivity contribution in [3.63, 3.8) is 0 Å². The fraction of sp³-hybridized carbons (Fsp3) is 0.500. The van der Waals surface area contributed by atoms with Crippen LogP contribution in [0.25, 0.3) is 0 Å². The van der Waals surface area contributed by atoms with Crippen LogP contribution in [-0.2, 0) is 0 Å². The molecule has 0 radical (unpaired) electrons. The monoisotopic (exact) mass is 370 g/mol. The first-order chi connectivity index (χ1) is 12.9. The average molecular weight is 371 g/mol. The van der Waals surface area contributed by atoms with E-state index in [1.54, 1.807) is 0 Å². The number of anilines is 3. The molecule has 7 nitrogen and oxygen atoms in total. The zero-order valence-electron chi connectivity index (χ0n) is 16.5. The molecule has 1 amide bonds. The van der Waals surface area contributed by atoms with Crippen LogP contribution in [0, 0.1) is 6.92 Å². The lowest BCUT2D eigenvalue weighted by Gasteiger charge is -2.13. The number of amides is 1. The van der Waals surface area contributed by atoms with Crippen LogP contribution < -0.4 is 16.8 Å². The molecule has 0 saturated heterocycles. The topological polar surface area (TPSA) is 120 Å². The van der Waals surface area contributed by atoms with Gasteiger partial charge in [-0.2, -0.15) is 0 Å². The SMILES string of the molecule is C1CCCCC1.Cc1ccc(Nc2cc(N)nnc2C(N)=O)nc1C(C)C. The number of primary amides is 1. The Balaban J connectivity index is 0.000000369. The second kappa shape index (κ2) is 9.85. The lowest BCUT2D eigenvalue weighted by molar-refractivity contribution is 0.0995. The van der Waals surface area contributed by atoms with Crippen LogP contribution in [0.1, 0.15) is 80.0 Å². The van der Waals surface area contributed by atoms with Gasteiger partial charge in [0.1, 0.15) is 11.6 Å². The van der Waals surface area contributed by atoms with Gasteiger partial charge in [0.25, 0.3) is 5.91 Å². The first-order valence-corrected chi connectivity index (χ1v) is 9.56. The van der Waals surface area contributed by atoms with Crippen molar-refractivity contribution in [2.24, 2.45) is 5.73 Å². The summed E-state index contributed by atoms with van der Waals surface area (Å²) in [5.74, 6) is 0.405. The minimum atomic E-state index is -0.679. The zero-order valence-corrected chi connectivity index (χ0v) is 16.5. The normalized spacial score (nSPS) is 13.6. The first-order valence-electron chi connectivity index (χ1n) is 9.56. The van der Waals surface area contributed by atoms with Gasteiger partial charge in [0.15, 0.2) is 5.69 Å². The molecule has 7 heteroatoms. The maximum atomic E-state index is 11.4. The highest BCUT2D eigenvalue weighted by molar-refractivity contribution is 5.97. The second-order valence-corrected chi connectivity index (χ2v) is 7.20. The van der Waals surface area contributed by atoms with E-state index in [0.29, 0.717) is 17.4 Å². The van der Waals surface area contributed by atoms with Crippen molar-refractivity contribution in [1.82, 2.24) is 15.2 Å². The average Bonchev–Trinajstić information content (AvgIpc) is 2.65. The third kappa shape index (κ3) is 6.20. The summed E-state index contributed by atoms with van der Waals surface area (Å²) in [5, 5.41) is 10.4. The smallest absolute Gasteiger partial charge is 0.271 e. The minimum Gasteiger partial charge on any atom is -0.382 e. The van der Waals surface area contributed by atoms with Crippen LogP contribution in [0.4, 0.5) is 17.3 Å². The molecule has 2 heterocycles. The molecule has 27 heavy (non-hydrogen) atoms. The number of nitrogen functional groups attached to an aromatic ring is 1. The summed E-state index contributed by atoms with van der Waals surface area (Å²) in [5.41, 5.74) is 13.4. The number of aryl methyl sites for hydroxylation is 1. The molecule has 1 fully saturated rings. The Bertz CT molecular complexity index is 760. The molecule has 0 aromatic carbocycles. The van der Waals surface area contributed by atoms with E-state index in [9.17, 15) is 4.79 Å². The van der Waals surface area contributed by atoms with E-state index >= 15 is 0 Å². The second-order valence-electron chi connectivity index (χ2n) is 7.20. The van der Waals surface area contributed by atoms with Crippen LogP contribution >= 0.6 is 0 Å². The Morgan fingerprint density at radius 2 is 1.67 bits per heavy atom. The predicted octanol–water partition coefficient (Wildman–Crippen LogP) is 4.07. The van der Waals surface area contributed by atoms with E-state index in [2.05, 4.69) is 34.3 Å². The number of nitrogens with zero attached hydrogens (tertiary/aromatic N) is 3. The Labute approximate surface area is 161 Å². The van der Waals surface area contributed by atoms with Crippen LogP contribution in [0.2, 0.25) is 0 Å². The van der Waals surface area contributed by atoms with Gasteiger partial charge in [0.2, 0.25) is 0 Å². The molecule has 0 atom stereocenters. The molecule has 0 aliphatic heterocycles. The molecular formula is C20H30N6O. The van der Waals surface area contributed by atoms with Crippen molar-refractivity contribution in [2.75, 3.05) is 11.1 Å². The Morgan fingerprint density at radius 3 is 2.19 bits per heavy atom. The van der Waals surface area contributed by atoms with Gasteiger partial charge in [0.05, 0.1) is 5.69 Å². The molecule has 2 aromatic rings. The number of hydrogen-bond acceptors (Lipinski definition) is 6. The van der Waals surface area contributed by atoms with E-state index in [0.717, 1.165) is 11.3 Å². The number of nitrogens with one attached hydrogen (secondary N) is 1. The van der Waals surface area contributed by atoms with Gasteiger partial charge < -0.3 is 16.8 Å². The molecule has 0 bridgehead atoms. The number of hydrogen-bond donors (Lipinski definition) is 3. The summed E-state index contributed by atoms with van der Waals surface area (Å²) in [7, 11) is 0. The third-order valence-corrected chi connectivity index (χ3v) is 4.49. The van der Waals surface area contributed by atoms with Gasteiger partial charge in [-0.3, -0.25) is 4.79 Å². The molecule has 1 saturated carbocycles. The highest BCUT2D eigenvalue weighted by atomic mass is 16.1. The number of carbonyl (C=O) groups is 1. The Morgan fingerprint density at radius 1 is 1.07 bits per heavy atom. The standard InChI is InChI=1S/C14H18N6O.C6H12/c1-7(2)12-8(3)4-5-11(18-12)17-9-6-10(15)19-20-13(9)14(16)21;1-2-4-6-5-3-1/h4-7H,1-3H3,(H2,16,21)(H3,15,17,18,19);1-6H2. The van der Waals surface area contributed by atoms with E-state index in [4.69, 9.17) is 11.5 Å². The number of pyridine rings is 1. The molecule has 0 unspecified atom stereocenters. The quantitative estimate of drug-likeness (QED) is 0.746. The minimum absolute atomic E-state index is 0.0256. The van der Waals surface area contributed by atoms with Crippen molar-refractivity contribution >= 4 is 23.2 Å². The van der Waals surface area contributed by atoms with Crippen molar-refractivity contribution < 1.29 is 4.79 Å². The van der Waals surface area contributed by atoms with Crippen LogP contribution in [0.15, 0.2) is 18.2 Å². The van der Waals surface area contributed by atoms with Crippen LogP contribution in [-0.4, -0.2) is 21.1 Å². The van der Waals surface area contributed by atoms with Crippen molar-refractivity contribution in [1.29, 1.82) is 0 Å². The molecule has 5 N–H and O–H groups in total. The maximum Gasteiger partial charge on any atom is 0.271 e. The van der Waals surface area contributed by atoms with Gasteiger partial charge in [-0.05, 0) is 24.5 Å². The predicted molar refractivity (Wildman–Crippen MR) is 109 cm³/mol. The fourth-order valence-corrected chi connectivity index (χ4v) is 3.08. The van der Waals surface area contributed by atoms with E-state index < -0.39 is 5.91 Å². The summed E-state index contributed by atoms with van der Waals surface area (Å²) >= 11 is 0. The third-order valence-electron chi connectivity index (χ3n) is 4.49. The van der Waals surface area contributed by atoms with Gasteiger partial charge in [-0.25, -0.2) is 4.98 Å². The highest BCUT2D eigenvalue weighted by Crippen LogP contribution is 2.23. The lowest BCUT2D eigenvalue weighted by Crippen LogP contribution is -2.17. The zero-order chi connectivity index (χ0) is 19.8. The largest absolute Gasteiger partial charge is 0.382 e. The molecule has 0 spiro atoms. The number of rotatable bonds is 4. The number of nitrogens with two attached hydrogens (primary N) is 2. The number of carbonyl (C=O) groups excluding carboxylic acids is 1. The molecule has 1 aliphatic rings. The molecule has 146 valence electrons. The van der Waals surface area contributed by atoms with Gasteiger partial charge in [-0.1, -0.05) is 58.4 Å². The molecule has 3 rings (SSSR count). The van der Waals surface area contributed by atoms with Gasteiger partial charge in [-0.15, -0.1) is 10.2 Å². The highest BCUT2D eigenvalue weighted by Gasteiger charge is 2.13. The van der Waals surface area contributed by atoms with Gasteiger partial charge >= 0.3 is 0 Å². The van der Waals surface area contributed by atoms with Crippen molar-refractivity contribution in [3.05, 3.63) is 35.2 Å².